The van der Waals surface area contributed by atoms with Gasteiger partial charge in [0.15, 0.2) is 0 Å². The molecule has 2 rings (SSSR count). The molecule has 0 atom stereocenters. The van der Waals surface area contributed by atoms with Crippen molar-refractivity contribution < 1.29 is 0 Å². The number of hydrogen-bond acceptors (Lipinski definition) is 0. The van der Waals surface area contributed by atoms with Crippen LogP contribution >= 0.6 is 0 Å². The molecule has 0 aliphatic carbocycles. The zero-order valence-corrected chi connectivity index (χ0v) is 14.2. The van der Waals surface area contributed by atoms with Crippen molar-refractivity contribution in [3.8, 4) is 0 Å². The lowest BCUT2D eigenvalue weighted by atomic mass is 9.83. The first-order chi connectivity index (χ1) is 9.86. The molecule has 0 radical (unpaired) electrons. The Labute approximate surface area is 130 Å². The van der Waals surface area contributed by atoms with Gasteiger partial charge in [-0.15, -0.1) is 0 Å². The van der Waals surface area contributed by atoms with Crippen LogP contribution in [0.1, 0.15) is 55.0 Å². The Morgan fingerprint density at radius 3 is 2.05 bits per heavy atom. The SMILES string of the molecule is Cc1cccc(CCCc2ccc(C(C)(C)C)c(C)c2)c1. The summed E-state index contributed by atoms with van der Waals surface area (Å²) >= 11 is 0. The van der Waals surface area contributed by atoms with E-state index in [-0.39, 0.29) is 5.41 Å². The van der Waals surface area contributed by atoms with Gasteiger partial charge < -0.3 is 0 Å². The second kappa shape index (κ2) is 6.47. The quantitative estimate of drug-likeness (QED) is 0.666. The highest BCUT2D eigenvalue weighted by atomic mass is 14.2. The first-order valence-electron chi connectivity index (χ1n) is 8.02. The van der Waals surface area contributed by atoms with Crippen molar-refractivity contribution in [3.05, 3.63) is 70.3 Å². The van der Waals surface area contributed by atoms with Gasteiger partial charge in [-0.1, -0.05) is 68.8 Å². The molecule has 0 N–H and O–H groups in total. The maximum atomic E-state index is 2.37. The Morgan fingerprint density at radius 1 is 0.810 bits per heavy atom. The summed E-state index contributed by atoms with van der Waals surface area (Å²) in [6.07, 6.45) is 3.55. The van der Waals surface area contributed by atoms with Crippen LogP contribution < -0.4 is 0 Å². The lowest BCUT2D eigenvalue weighted by molar-refractivity contribution is 0.585. The Kier molecular flexibility index (Phi) is 4.88. The zero-order chi connectivity index (χ0) is 15.5. The molecule has 2 aromatic carbocycles. The van der Waals surface area contributed by atoms with Crippen molar-refractivity contribution in [2.45, 2.75) is 59.3 Å². The van der Waals surface area contributed by atoms with Crippen molar-refractivity contribution in [2.24, 2.45) is 0 Å². The number of aryl methyl sites for hydroxylation is 4. The second-order valence-electron chi connectivity index (χ2n) is 7.24. The Morgan fingerprint density at radius 2 is 1.48 bits per heavy atom. The summed E-state index contributed by atoms with van der Waals surface area (Å²) in [5.74, 6) is 0. The van der Waals surface area contributed by atoms with E-state index in [0.717, 1.165) is 0 Å². The molecule has 0 saturated heterocycles. The van der Waals surface area contributed by atoms with Crippen molar-refractivity contribution in [2.75, 3.05) is 0 Å². The number of hydrogen-bond donors (Lipinski definition) is 0. The molecular formula is C21H28. The van der Waals surface area contributed by atoms with Crippen LogP contribution in [0.2, 0.25) is 0 Å². The zero-order valence-electron chi connectivity index (χ0n) is 14.2. The van der Waals surface area contributed by atoms with Crippen molar-refractivity contribution in [1.82, 2.24) is 0 Å². The maximum Gasteiger partial charge on any atom is -0.0129 e. The van der Waals surface area contributed by atoms with E-state index in [4.69, 9.17) is 0 Å². The Bertz CT molecular complexity index is 600. The summed E-state index contributed by atoms with van der Waals surface area (Å²) in [5, 5.41) is 0. The molecule has 2 aromatic rings. The molecule has 21 heavy (non-hydrogen) atoms. The summed E-state index contributed by atoms with van der Waals surface area (Å²) in [7, 11) is 0. The van der Waals surface area contributed by atoms with Gasteiger partial charge in [-0.3, -0.25) is 0 Å². The average Bonchev–Trinajstić information content (AvgIpc) is 2.37. The minimum atomic E-state index is 0.240. The molecular weight excluding hydrogens is 252 g/mol. The summed E-state index contributed by atoms with van der Waals surface area (Å²) in [6.45, 7) is 11.3. The van der Waals surface area contributed by atoms with Gasteiger partial charge in [-0.2, -0.15) is 0 Å². The van der Waals surface area contributed by atoms with Crippen molar-refractivity contribution in [3.63, 3.8) is 0 Å². The van der Waals surface area contributed by atoms with E-state index in [1.807, 2.05) is 0 Å². The molecule has 0 nitrogen and oxygen atoms in total. The second-order valence-corrected chi connectivity index (χ2v) is 7.24. The molecule has 112 valence electrons. The molecule has 0 aliphatic heterocycles. The predicted octanol–water partition coefficient (Wildman–Crippen LogP) is 5.78. The molecule has 0 amide bonds. The fourth-order valence-electron chi connectivity index (χ4n) is 3.09. The standard InChI is InChI=1S/C21H28/c1-16-8-6-9-18(14-16)10-7-11-19-12-13-20(17(2)15-19)21(3,4)5/h6,8-9,12-15H,7,10-11H2,1-5H3. The van der Waals surface area contributed by atoms with Crippen molar-refractivity contribution in [1.29, 1.82) is 0 Å². The summed E-state index contributed by atoms with van der Waals surface area (Å²) in [6, 6.07) is 15.9. The van der Waals surface area contributed by atoms with Crippen LogP contribution in [0, 0.1) is 13.8 Å². The highest BCUT2D eigenvalue weighted by molar-refractivity contribution is 5.35. The van der Waals surface area contributed by atoms with Gasteiger partial charge in [-0.05, 0) is 60.8 Å². The first kappa shape index (κ1) is 15.8. The molecule has 0 unspecified atom stereocenters. The molecule has 0 spiro atoms. The van der Waals surface area contributed by atoms with Crippen LogP contribution in [0.5, 0.6) is 0 Å². The van der Waals surface area contributed by atoms with Gasteiger partial charge in [0.2, 0.25) is 0 Å². The molecule has 0 heteroatoms. The van der Waals surface area contributed by atoms with Crippen molar-refractivity contribution >= 4 is 0 Å². The third kappa shape index (κ3) is 4.46. The number of benzene rings is 2. The minimum absolute atomic E-state index is 0.240. The van der Waals surface area contributed by atoms with Gasteiger partial charge in [0.05, 0.1) is 0 Å². The van der Waals surface area contributed by atoms with Crippen LogP contribution in [0.4, 0.5) is 0 Å². The monoisotopic (exact) mass is 280 g/mol. The normalized spacial score (nSPS) is 11.7. The predicted molar refractivity (Wildman–Crippen MR) is 93.1 cm³/mol. The first-order valence-corrected chi connectivity index (χ1v) is 8.02. The highest BCUT2D eigenvalue weighted by Gasteiger charge is 2.15. The topological polar surface area (TPSA) is 0 Å². The third-order valence-electron chi connectivity index (χ3n) is 4.11. The molecule has 0 bridgehead atoms. The van der Waals surface area contributed by atoms with E-state index in [1.165, 1.54) is 47.1 Å². The summed E-state index contributed by atoms with van der Waals surface area (Å²) < 4.78 is 0. The van der Waals surface area contributed by atoms with E-state index >= 15 is 0 Å². The van der Waals surface area contributed by atoms with E-state index in [2.05, 4.69) is 77.1 Å². The lowest BCUT2D eigenvalue weighted by Crippen LogP contribution is -2.13. The van der Waals surface area contributed by atoms with Crippen LogP contribution in [-0.2, 0) is 18.3 Å². The molecule has 0 aromatic heterocycles. The third-order valence-corrected chi connectivity index (χ3v) is 4.11. The molecule has 0 heterocycles. The fourth-order valence-corrected chi connectivity index (χ4v) is 3.09. The van der Waals surface area contributed by atoms with Gasteiger partial charge >= 0.3 is 0 Å². The van der Waals surface area contributed by atoms with E-state index in [0.29, 0.717) is 0 Å². The lowest BCUT2D eigenvalue weighted by Gasteiger charge is -2.22. The van der Waals surface area contributed by atoms with Crippen LogP contribution in [0.3, 0.4) is 0 Å². The maximum absolute atomic E-state index is 2.37. The fraction of sp³-hybridized carbons (Fsp3) is 0.429. The highest BCUT2D eigenvalue weighted by Crippen LogP contribution is 2.26. The van der Waals surface area contributed by atoms with Gasteiger partial charge in [0, 0.05) is 0 Å². The molecule has 0 fully saturated rings. The van der Waals surface area contributed by atoms with Crippen LogP contribution in [-0.4, -0.2) is 0 Å². The molecule has 0 aliphatic rings. The van der Waals surface area contributed by atoms with E-state index < -0.39 is 0 Å². The van der Waals surface area contributed by atoms with Crippen LogP contribution in [0.15, 0.2) is 42.5 Å². The van der Waals surface area contributed by atoms with E-state index in [1.54, 1.807) is 0 Å². The number of rotatable bonds is 4. The molecule has 0 saturated carbocycles. The minimum Gasteiger partial charge on any atom is -0.0617 e. The average molecular weight is 280 g/mol. The van der Waals surface area contributed by atoms with Gasteiger partial charge in [0.1, 0.15) is 0 Å². The van der Waals surface area contributed by atoms with Gasteiger partial charge in [0.25, 0.3) is 0 Å². The van der Waals surface area contributed by atoms with Gasteiger partial charge in [-0.25, -0.2) is 0 Å². The summed E-state index contributed by atoms with van der Waals surface area (Å²) in [4.78, 5) is 0. The summed E-state index contributed by atoms with van der Waals surface area (Å²) in [5.41, 5.74) is 7.41. The smallest absolute Gasteiger partial charge is 0.0129 e. The Hall–Kier alpha value is -1.56. The Balaban J connectivity index is 1.97. The van der Waals surface area contributed by atoms with E-state index in [9.17, 15) is 0 Å². The van der Waals surface area contributed by atoms with Crippen LogP contribution in [0.25, 0.3) is 0 Å². The largest absolute Gasteiger partial charge is 0.0617 e.